The van der Waals surface area contributed by atoms with Crippen LogP contribution in [0, 0.1) is 6.92 Å². The Labute approximate surface area is 144 Å². The van der Waals surface area contributed by atoms with Gasteiger partial charge in [0.05, 0.1) is 27.4 Å². The van der Waals surface area contributed by atoms with E-state index in [1.54, 1.807) is 26.4 Å². The first kappa shape index (κ1) is 18.5. The van der Waals surface area contributed by atoms with E-state index in [1.807, 2.05) is 13.8 Å². The standard InChI is InChI=1S/C18H28N2O4/c1-13(5-6-20-7-9-24-10-8-20)19-18(21)15-11-16(22-3)14(2)17(12-15)23-4/h11-13H,5-10H2,1-4H3,(H,19,21)/t13-/m1/s1. The van der Waals surface area contributed by atoms with Crippen molar-refractivity contribution in [2.45, 2.75) is 26.3 Å². The van der Waals surface area contributed by atoms with E-state index in [0.717, 1.165) is 44.8 Å². The number of carbonyl (C=O) groups excluding carboxylic acids is 1. The van der Waals surface area contributed by atoms with Crippen LogP contribution in [0.1, 0.15) is 29.3 Å². The summed E-state index contributed by atoms with van der Waals surface area (Å²) in [5.41, 5.74) is 1.43. The molecule has 0 aromatic heterocycles. The minimum Gasteiger partial charge on any atom is -0.496 e. The molecule has 1 N–H and O–H groups in total. The monoisotopic (exact) mass is 336 g/mol. The smallest absolute Gasteiger partial charge is 0.251 e. The summed E-state index contributed by atoms with van der Waals surface area (Å²) in [5.74, 6) is 1.20. The third kappa shape index (κ3) is 4.85. The maximum absolute atomic E-state index is 12.5. The second-order valence-corrected chi connectivity index (χ2v) is 6.12. The van der Waals surface area contributed by atoms with Crippen LogP contribution in [0.4, 0.5) is 0 Å². The van der Waals surface area contributed by atoms with E-state index < -0.39 is 0 Å². The highest BCUT2D eigenvalue weighted by atomic mass is 16.5. The van der Waals surface area contributed by atoms with Crippen molar-refractivity contribution in [3.8, 4) is 11.5 Å². The number of methoxy groups -OCH3 is 2. The number of benzene rings is 1. The first-order chi connectivity index (χ1) is 11.5. The number of rotatable bonds is 7. The van der Waals surface area contributed by atoms with Crippen LogP contribution in [0.25, 0.3) is 0 Å². The van der Waals surface area contributed by atoms with Crippen molar-refractivity contribution in [1.82, 2.24) is 10.2 Å². The van der Waals surface area contributed by atoms with Gasteiger partial charge in [0.15, 0.2) is 0 Å². The topological polar surface area (TPSA) is 60.0 Å². The summed E-state index contributed by atoms with van der Waals surface area (Å²) < 4.78 is 16.0. The summed E-state index contributed by atoms with van der Waals surface area (Å²) in [6.45, 7) is 8.42. The van der Waals surface area contributed by atoms with Crippen molar-refractivity contribution >= 4 is 5.91 Å². The van der Waals surface area contributed by atoms with Crippen LogP contribution in [0.2, 0.25) is 0 Å². The molecule has 0 bridgehead atoms. The normalized spacial score (nSPS) is 16.5. The Morgan fingerprint density at radius 2 is 1.83 bits per heavy atom. The Morgan fingerprint density at radius 3 is 2.38 bits per heavy atom. The summed E-state index contributed by atoms with van der Waals surface area (Å²) in [5, 5.41) is 3.05. The highest BCUT2D eigenvalue weighted by Crippen LogP contribution is 2.29. The fourth-order valence-electron chi connectivity index (χ4n) is 2.80. The molecule has 6 nitrogen and oxygen atoms in total. The van der Waals surface area contributed by atoms with Crippen molar-refractivity contribution in [2.24, 2.45) is 0 Å². The molecule has 1 amide bonds. The van der Waals surface area contributed by atoms with Gasteiger partial charge in [-0.05, 0) is 32.4 Å². The average Bonchev–Trinajstić information content (AvgIpc) is 2.61. The zero-order valence-corrected chi connectivity index (χ0v) is 15.1. The molecule has 0 aliphatic carbocycles. The number of amides is 1. The van der Waals surface area contributed by atoms with Gasteiger partial charge in [-0.3, -0.25) is 9.69 Å². The summed E-state index contributed by atoms with van der Waals surface area (Å²) in [4.78, 5) is 14.9. The van der Waals surface area contributed by atoms with Crippen molar-refractivity contribution < 1.29 is 19.0 Å². The first-order valence-electron chi connectivity index (χ1n) is 8.38. The third-order valence-corrected chi connectivity index (χ3v) is 4.37. The molecule has 1 saturated heterocycles. The van der Waals surface area contributed by atoms with Gasteiger partial charge in [0.2, 0.25) is 0 Å². The Morgan fingerprint density at radius 1 is 1.25 bits per heavy atom. The molecule has 1 aromatic carbocycles. The van der Waals surface area contributed by atoms with Gasteiger partial charge in [-0.25, -0.2) is 0 Å². The Kier molecular flexibility index (Phi) is 6.87. The molecule has 0 saturated carbocycles. The minimum atomic E-state index is -0.110. The largest absolute Gasteiger partial charge is 0.496 e. The van der Waals surface area contributed by atoms with E-state index in [0.29, 0.717) is 17.1 Å². The lowest BCUT2D eigenvalue weighted by molar-refractivity contribution is 0.0363. The molecule has 134 valence electrons. The fraction of sp³-hybridized carbons (Fsp3) is 0.611. The molecule has 1 atom stereocenters. The molecule has 1 fully saturated rings. The second-order valence-electron chi connectivity index (χ2n) is 6.12. The summed E-state index contributed by atoms with van der Waals surface area (Å²) in [7, 11) is 3.18. The third-order valence-electron chi connectivity index (χ3n) is 4.37. The predicted octanol–water partition coefficient (Wildman–Crippen LogP) is 1.85. The van der Waals surface area contributed by atoms with E-state index in [2.05, 4.69) is 10.2 Å². The van der Waals surface area contributed by atoms with E-state index >= 15 is 0 Å². The van der Waals surface area contributed by atoms with Gasteiger partial charge in [0, 0.05) is 36.8 Å². The van der Waals surface area contributed by atoms with Crippen LogP contribution in [0.5, 0.6) is 11.5 Å². The zero-order chi connectivity index (χ0) is 17.5. The molecule has 2 rings (SSSR count). The number of hydrogen-bond acceptors (Lipinski definition) is 5. The molecular weight excluding hydrogens is 308 g/mol. The van der Waals surface area contributed by atoms with E-state index in [9.17, 15) is 4.79 Å². The van der Waals surface area contributed by atoms with Gasteiger partial charge in [-0.1, -0.05) is 0 Å². The van der Waals surface area contributed by atoms with Crippen LogP contribution in [0.15, 0.2) is 12.1 Å². The Balaban J connectivity index is 1.93. The zero-order valence-electron chi connectivity index (χ0n) is 15.1. The lowest BCUT2D eigenvalue weighted by atomic mass is 10.1. The van der Waals surface area contributed by atoms with Crippen LogP contribution < -0.4 is 14.8 Å². The summed E-state index contributed by atoms with van der Waals surface area (Å²) in [6, 6.07) is 3.60. The highest BCUT2D eigenvalue weighted by Gasteiger charge is 2.16. The quantitative estimate of drug-likeness (QED) is 0.823. The van der Waals surface area contributed by atoms with Gasteiger partial charge in [-0.2, -0.15) is 0 Å². The summed E-state index contributed by atoms with van der Waals surface area (Å²) >= 11 is 0. The van der Waals surface area contributed by atoms with Crippen molar-refractivity contribution in [3.63, 3.8) is 0 Å². The van der Waals surface area contributed by atoms with Crippen LogP contribution >= 0.6 is 0 Å². The number of carbonyl (C=O) groups is 1. The number of hydrogen-bond donors (Lipinski definition) is 1. The predicted molar refractivity (Wildman–Crippen MR) is 93.1 cm³/mol. The van der Waals surface area contributed by atoms with E-state index in [4.69, 9.17) is 14.2 Å². The van der Waals surface area contributed by atoms with Crippen molar-refractivity contribution in [2.75, 3.05) is 47.1 Å². The van der Waals surface area contributed by atoms with Gasteiger partial charge >= 0.3 is 0 Å². The molecule has 0 spiro atoms. The SMILES string of the molecule is COc1cc(C(=O)N[C@H](C)CCN2CCOCC2)cc(OC)c1C. The first-order valence-corrected chi connectivity index (χ1v) is 8.38. The maximum atomic E-state index is 12.5. The highest BCUT2D eigenvalue weighted by molar-refractivity contribution is 5.95. The number of nitrogens with zero attached hydrogens (tertiary/aromatic N) is 1. The minimum absolute atomic E-state index is 0.0960. The van der Waals surface area contributed by atoms with Crippen LogP contribution in [-0.2, 0) is 4.74 Å². The van der Waals surface area contributed by atoms with Crippen molar-refractivity contribution in [3.05, 3.63) is 23.3 Å². The lowest BCUT2D eigenvalue weighted by Crippen LogP contribution is -2.40. The Bertz CT molecular complexity index is 531. The molecule has 24 heavy (non-hydrogen) atoms. The van der Waals surface area contributed by atoms with Gasteiger partial charge in [0.1, 0.15) is 11.5 Å². The molecular formula is C18H28N2O4. The van der Waals surface area contributed by atoms with Crippen LogP contribution in [0.3, 0.4) is 0 Å². The van der Waals surface area contributed by atoms with E-state index in [1.165, 1.54) is 0 Å². The molecule has 1 heterocycles. The van der Waals surface area contributed by atoms with Gasteiger partial charge < -0.3 is 19.5 Å². The second kappa shape index (κ2) is 8.89. The van der Waals surface area contributed by atoms with Gasteiger partial charge in [0.25, 0.3) is 5.91 Å². The van der Waals surface area contributed by atoms with E-state index in [-0.39, 0.29) is 11.9 Å². The van der Waals surface area contributed by atoms with Crippen LogP contribution in [-0.4, -0.2) is 63.9 Å². The molecule has 1 aromatic rings. The summed E-state index contributed by atoms with van der Waals surface area (Å²) in [6.07, 6.45) is 0.909. The molecule has 0 unspecified atom stereocenters. The molecule has 0 radical (unpaired) electrons. The number of morpholine rings is 1. The van der Waals surface area contributed by atoms with Crippen molar-refractivity contribution in [1.29, 1.82) is 0 Å². The van der Waals surface area contributed by atoms with Gasteiger partial charge in [-0.15, -0.1) is 0 Å². The fourth-order valence-corrected chi connectivity index (χ4v) is 2.80. The number of nitrogens with one attached hydrogen (secondary N) is 1. The number of ether oxygens (including phenoxy) is 3. The average molecular weight is 336 g/mol. The molecule has 1 aliphatic rings. The Hall–Kier alpha value is -1.79. The molecule has 6 heteroatoms. The maximum Gasteiger partial charge on any atom is 0.251 e. The molecule has 1 aliphatic heterocycles. The lowest BCUT2D eigenvalue weighted by Gasteiger charge is -2.27.